The molecule has 13 rings (SSSR count). The predicted molar refractivity (Wildman–Crippen MR) is 280 cm³/mol. The van der Waals surface area contributed by atoms with Crippen LogP contribution in [0.3, 0.4) is 0 Å². The lowest BCUT2D eigenvalue weighted by molar-refractivity contribution is -0.154. The zero-order valence-corrected chi connectivity index (χ0v) is 43.2. The van der Waals surface area contributed by atoms with Crippen molar-refractivity contribution in [1.29, 1.82) is 0 Å². The van der Waals surface area contributed by atoms with Crippen molar-refractivity contribution >= 4 is 62.6 Å². The molecule has 4 aliphatic heterocycles. The zero-order chi connectivity index (χ0) is 64.3. The number of carbonyl (C=O) groups is 5. The monoisotopic (exact) mass is 1240 g/mol. The molecule has 19 N–H and O–H groups in total. The fourth-order valence-corrected chi connectivity index (χ4v) is 10.6. The maximum atomic E-state index is 15.1. The number of rotatable bonds is 5. The molecule has 34 nitrogen and oxygen atoms in total. The standard InChI is InChI=1S/C55H32O34/c56-14-1-8-21(35(67)29(14)61)22-9(2-15(57)30(62)36(22)68)50(76)85-44(48-47-40(72)28-27(55(81)88-47)26(38(70)41(73)39(28)71)23-10(51(77)89-48)3-16(58)31(63)37(23)69)20(7-82-49(8)75)84-54(80)13-5-17(59)32(64)42(74)43(13)83-19-6-12-25-24-11(52(78)87-46(25)34(19)66)4-18(60)33(65)45(24)86-53(12)79/h1-6,20,40,44,47-48,56-74H,7H2/t20-,40-,44-,47+,48+/m0/s1. The first kappa shape index (κ1) is 56.5. The van der Waals surface area contributed by atoms with Gasteiger partial charge in [0, 0.05) is 50.7 Å². The van der Waals surface area contributed by atoms with E-state index in [1.54, 1.807) is 0 Å². The number of fused-ring (bicyclic) bond motifs is 6. The Labute approximate surface area is 484 Å². The summed E-state index contributed by atoms with van der Waals surface area (Å²) < 4.78 is 44.3. The van der Waals surface area contributed by atoms with Crippen LogP contribution in [0.25, 0.3) is 55.0 Å². The third-order valence-corrected chi connectivity index (χ3v) is 14.7. The summed E-state index contributed by atoms with van der Waals surface area (Å²) >= 11 is 0. The Kier molecular flexibility index (Phi) is 12.2. The van der Waals surface area contributed by atoms with Crippen molar-refractivity contribution in [1.82, 2.24) is 0 Å². The molecule has 0 radical (unpaired) electrons. The van der Waals surface area contributed by atoms with Gasteiger partial charge in [-0.15, -0.1) is 0 Å². The number of ether oxygens (including phenoxy) is 6. The Morgan fingerprint density at radius 1 is 0.416 bits per heavy atom. The van der Waals surface area contributed by atoms with Crippen molar-refractivity contribution < 1.29 is 158 Å². The van der Waals surface area contributed by atoms with Crippen LogP contribution in [0.5, 0.6) is 115 Å². The Balaban J connectivity index is 1.08. The second-order valence-corrected chi connectivity index (χ2v) is 19.7. The SMILES string of the molecule is O=C(O[C@H]1COC(=O)c2cc(O)c(O)c(O)c2-c2c(cc(O)c(O)c2O)C(=O)O[C@@H]1[C@H]1OC(=O)c2cc(O)c(O)c(O)c2-c2c(O)c(O)c(O)c3c2C(=O)O[C@@H]1[C@H]3O)c1cc(O)c(O)c(O)c1Oc1cc2c(=O)oc3c(O)c(O)cc4c(=O)oc(c1O)c2c34. The molecule has 0 spiro atoms. The van der Waals surface area contributed by atoms with Gasteiger partial charge in [-0.05, 0) is 24.3 Å². The molecule has 0 fully saturated rings. The molecule has 34 heteroatoms. The lowest BCUT2D eigenvalue weighted by Crippen LogP contribution is -2.56. The van der Waals surface area contributed by atoms with E-state index in [0.717, 1.165) is 6.07 Å². The molecule has 0 aliphatic carbocycles. The fourth-order valence-electron chi connectivity index (χ4n) is 10.6. The number of phenolic OH excluding ortho intramolecular Hbond substituents is 18. The van der Waals surface area contributed by atoms with Crippen molar-refractivity contribution in [3.8, 4) is 137 Å². The molecular weight excluding hydrogens is 1200 g/mol. The van der Waals surface area contributed by atoms with Crippen LogP contribution in [0.4, 0.5) is 0 Å². The fraction of sp³-hybridized carbons (Fsp3) is 0.109. The Morgan fingerprint density at radius 3 is 1.40 bits per heavy atom. The van der Waals surface area contributed by atoms with Crippen molar-refractivity contribution in [3.63, 3.8) is 0 Å². The van der Waals surface area contributed by atoms with Crippen LogP contribution < -0.4 is 16.0 Å². The third kappa shape index (κ3) is 7.96. The van der Waals surface area contributed by atoms with Gasteiger partial charge in [-0.25, -0.2) is 33.6 Å². The molecule has 2 aromatic heterocycles. The molecule has 456 valence electrons. The van der Waals surface area contributed by atoms with Crippen LogP contribution in [0.15, 0.2) is 54.8 Å². The minimum absolute atomic E-state index is 0.236. The van der Waals surface area contributed by atoms with E-state index in [1.165, 1.54) is 0 Å². The van der Waals surface area contributed by atoms with Gasteiger partial charge in [0.1, 0.15) is 18.3 Å². The van der Waals surface area contributed by atoms with Crippen LogP contribution in [-0.4, -0.2) is 158 Å². The average molecular weight is 1240 g/mol. The molecule has 4 bridgehead atoms. The van der Waals surface area contributed by atoms with Crippen molar-refractivity contribution in [3.05, 3.63) is 90.6 Å². The number of aliphatic hydroxyl groups excluding tert-OH is 1. The number of esters is 5. The van der Waals surface area contributed by atoms with Gasteiger partial charge in [0.15, 0.2) is 105 Å². The van der Waals surface area contributed by atoms with E-state index in [1.807, 2.05) is 0 Å². The van der Waals surface area contributed by atoms with E-state index < -0.39 is 282 Å². The summed E-state index contributed by atoms with van der Waals surface area (Å²) in [5, 5.41) is 208. The Morgan fingerprint density at radius 2 is 0.854 bits per heavy atom. The number of hydrogen-bond acceptors (Lipinski definition) is 34. The van der Waals surface area contributed by atoms with Gasteiger partial charge in [0.25, 0.3) is 0 Å². The summed E-state index contributed by atoms with van der Waals surface area (Å²) in [7, 11) is 0. The summed E-state index contributed by atoms with van der Waals surface area (Å²) in [6.45, 7) is -1.74. The highest BCUT2D eigenvalue weighted by Crippen LogP contribution is 2.59. The number of aromatic hydroxyl groups is 18. The van der Waals surface area contributed by atoms with Crippen LogP contribution >= 0.6 is 0 Å². The molecule has 9 aromatic rings. The minimum Gasteiger partial charge on any atom is -0.504 e. The van der Waals surface area contributed by atoms with Gasteiger partial charge in [0.2, 0.25) is 46.0 Å². The van der Waals surface area contributed by atoms with Crippen LogP contribution in [0, 0.1) is 0 Å². The molecule has 89 heavy (non-hydrogen) atoms. The summed E-state index contributed by atoms with van der Waals surface area (Å²) in [4.78, 5) is 101. The van der Waals surface area contributed by atoms with Gasteiger partial charge in [-0.3, -0.25) is 0 Å². The van der Waals surface area contributed by atoms with E-state index in [4.69, 9.17) is 37.3 Å². The van der Waals surface area contributed by atoms with Crippen LogP contribution in [0.2, 0.25) is 0 Å². The van der Waals surface area contributed by atoms with E-state index in [-0.39, 0.29) is 12.1 Å². The number of phenols is 18. The lowest BCUT2D eigenvalue weighted by Gasteiger charge is -2.40. The van der Waals surface area contributed by atoms with Crippen molar-refractivity contribution in [2.45, 2.75) is 30.5 Å². The van der Waals surface area contributed by atoms with Gasteiger partial charge < -0.3 is 134 Å². The summed E-state index contributed by atoms with van der Waals surface area (Å²) in [5.41, 5.74) is -17.1. The first-order valence-electron chi connectivity index (χ1n) is 24.7. The topological polar surface area (TPSA) is 586 Å². The quantitative estimate of drug-likeness (QED) is 0.0387. The Hall–Kier alpha value is -13.0. The van der Waals surface area contributed by atoms with Gasteiger partial charge in [-0.1, -0.05) is 0 Å². The first-order chi connectivity index (χ1) is 41.9. The zero-order valence-electron chi connectivity index (χ0n) is 43.2. The Bertz CT molecular complexity index is 4900. The van der Waals surface area contributed by atoms with E-state index in [2.05, 4.69) is 0 Å². The van der Waals surface area contributed by atoms with Gasteiger partial charge in [0.05, 0.1) is 33.0 Å². The van der Waals surface area contributed by atoms with Crippen LogP contribution in [-0.2, 0) is 23.7 Å². The molecule has 0 saturated carbocycles. The number of aliphatic hydroxyl groups is 1. The molecule has 0 saturated heterocycles. The molecular formula is C55H32O34. The van der Waals surface area contributed by atoms with Gasteiger partial charge in [-0.2, -0.15) is 0 Å². The molecule has 0 amide bonds. The maximum absolute atomic E-state index is 15.1. The molecule has 7 aromatic carbocycles. The van der Waals surface area contributed by atoms with Gasteiger partial charge >= 0.3 is 41.1 Å². The van der Waals surface area contributed by atoms with Crippen molar-refractivity contribution in [2.75, 3.05) is 6.61 Å². The summed E-state index contributed by atoms with van der Waals surface area (Å²) in [6.07, 6.45) is -14.6. The summed E-state index contributed by atoms with van der Waals surface area (Å²) in [5.74, 6) is -38.8. The lowest BCUT2D eigenvalue weighted by atomic mass is 9.82. The largest absolute Gasteiger partial charge is 0.504 e. The molecule has 5 atom stereocenters. The highest BCUT2D eigenvalue weighted by molar-refractivity contribution is 6.22. The van der Waals surface area contributed by atoms with Crippen molar-refractivity contribution in [2.24, 2.45) is 0 Å². The van der Waals surface area contributed by atoms with Crippen LogP contribution in [0.1, 0.15) is 63.5 Å². The van der Waals surface area contributed by atoms with E-state index in [0.29, 0.717) is 18.2 Å². The number of benzene rings is 7. The molecule has 6 heterocycles. The summed E-state index contributed by atoms with van der Waals surface area (Å²) in [6, 6.07) is 2.46. The first-order valence-corrected chi connectivity index (χ1v) is 24.7. The number of cyclic esters (lactones) is 2. The highest BCUT2D eigenvalue weighted by atomic mass is 16.6. The predicted octanol–water partition coefficient (Wildman–Crippen LogP) is 3.05. The molecule has 0 unspecified atom stereocenters. The highest BCUT2D eigenvalue weighted by Gasteiger charge is 2.55. The number of carbonyl (C=O) groups excluding carboxylic acids is 5. The normalized spacial score (nSPS) is 18.1. The number of hydrogen-bond donors (Lipinski definition) is 19. The maximum Gasteiger partial charge on any atom is 0.344 e. The third-order valence-electron chi connectivity index (χ3n) is 14.7. The average Bonchev–Trinajstić information content (AvgIpc) is 0.795. The van der Waals surface area contributed by atoms with E-state index >= 15 is 9.59 Å². The minimum atomic E-state index is -3.06. The van der Waals surface area contributed by atoms with E-state index in [9.17, 15) is 121 Å². The smallest absolute Gasteiger partial charge is 0.344 e. The molecule has 4 aliphatic rings. The second kappa shape index (κ2) is 19.3. The second-order valence-electron chi connectivity index (χ2n) is 19.7.